The molecule has 0 aliphatic carbocycles. The van der Waals surface area contributed by atoms with Crippen LogP contribution in [0.3, 0.4) is 0 Å². The molecule has 0 aromatic rings. The van der Waals surface area contributed by atoms with Crippen molar-refractivity contribution in [3.05, 3.63) is 0 Å². The van der Waals surface area contributed by atoms with E-state index in [-0.39, 0.29) is 18.9 Å². The minimum atomic E-state index is -1.97. The van der Waals surface area contributed by atoms with Crippen molar-refractivity contribution in [1.29, 1.82) is 0 Å². The third-order valence-corrected chi connectivity index (χ3v) is 15.4. The van der Waals surface area contributed by atoms with Gasteiger partial charge in [-0.15, -0.1) is 0 Å². The summed E-state index contributed by atoms with van der Waals surface area (Å²) in [5.74, 6) is -0.248. The Labute approximate surface area is 449 Å². The van der Waals surface area contributed by atoms with E-state index < -0.39 is 124 Å². The van der Waals surface area contributed by atoms with Crippen LogP contribution in [0.25, 0.3) is 0 Å². The molecule has 19 heteroatoms. The number of hydrogen-bond donors (Lipinski definition) is 12. The van der Waals surface area contributed by atoms with Gasteiger partial charge >= 0.3 is 0 Å². The van der Waals surface area contributed by atoms with Crippen molar-refractivity contribution in [2.24, 2.45) is 0 Å². The lowest BCUT2D eigenvalue weighted by atomic mass is 9.96. The molecule has 0 saturated carbocycles. The monoisotopic (exact) mass is 1080 g/mol. The van der Waals surface area contributed by atoms with E-state index in [0.717, 1.165) is 44.9 Å². The normalized spacial score (nSPS) is 31.1. The first-order valence-corrected chi connectivity index (χ1v) is 29.8. The van der Waals surface area contributed by atoms with Crippen LogP contribution >= 0.6 is 0 Å². The van der Waals surface area contributed by atoms with Crippen LogP contribution in [0.5, 0.6) is 0 Å². The molecule has 0 spiro atoms. The minimum Gasteiger partial charge on any atom is -0.394 e. The second-order valence-corrected chi connectivity index (χ2v) is 21.8. The lowest BCUT2D eigenvalue weighted by Gasteiger charge is -2.48. The first kappa shape index (κ1) is 68.1. The van der Waals surface area contributed by atoms with Crippen LogP contribution in [0.4, 0.5) is 0 Å². The SMILES string of the molecule is CCCCCCCCCCCCCCCCCCCCCCCCCCCCC(=O)NC(COC1OC(CO)C(OC2OC(CO)C(OC3OC(CO)C(O)C(O)C3O)C(O)C2O)C(O)C1O)C(O)CCCCCC. The highest BCUT2D eigenvalue weighted by molar-refractivity contribution is 5.76. The molecule has 3 aliphatic heterocycles. The van der Waals surface area contributed by atoms with E-state index >= 15 is 0 Å². The van der Waals surface area contributed by atoms with Crippen molar-refractivity contribution in [3.63, 3.8) is 0 Å². The quantitative estimate of drug-likeness (QED) is 0.0364. The minimum absolute atomic E-state index is 0.248. The molecular weight excluding hydrogens is 975 g/mol. The second kappa shape index (κ2) is 40.9. The highest BCUT2D eigenvalue weighted by Gasteiger charge is 2.53. The second-order valence-electron chi connectivity index (χ2n) is 21.8. The maximum Gasteiger partial charge on any atom is 0.220 e. The van der Waals surface area contributed by atoms with Gasteiger partial charge in [0.2, 0.25) is 5.91 Å². The van der Waals surface area contributed by atoms with Crippen molar-refractivity contribution in [3.8, 4) is 0 Å². The van der Waals surface area contributed by atoms with Gasteiger partial charge in [-0.05, 0) is 12.8 Å². The third-order valence-electron chi connectivity index (χ3n) is 15.4. The molecule has 0 bridgehead atoms. The maximum atomic E-state index is 13.2. The Kier molecular flexibility index (Phi) is 37.1. The van der Waals surface area contributed by atoms with Gasteiger partial charge in [-0.1, -0.05) is 200 Å². The lowest BCUT2D eigenvalue weighted by Crippen LogP contribution is -2.66. The molecule has 3 aliphatic rings. The summed E-state index contributed by atoms with van der Waals surface area (Å²) in [5.41, 5.74) is 0. The van der Waals surface area contributed by atoms with E-state index in [4.69, 9.17) is 28.4 Å². The zero-order valence-corrected chi connectivity index (χ0v) is 46.0. The first-order chi connectivity index (χ1) is 36.3. The van der Waals surface area contributed by atoms with Gasteiger partial charge in [0.1, 0.15) is 73.2 Å². The zero-order valence-electron chi connectivity index (χ0n) is 46.0. The van der Waals surface area contributed by atoms with Gasteiger partial charge in [0.15, 0.2) is 18.9 Å². The molecular formula is C56H107NO18. The highest BCUT2D eigenvalue weighted by Crippen LogP contribution is 2.33. The third kappa shape index (κ3) is 25.4. The van der Waals surface area contributed by atoms with E-state index in [0.29, 0.717) is 12.8 Å². The molecule has 1 amide bonds. The molecule has 3 heterocycles. The number of rotatable bonds is 44. The molecule has 0 aromatic heterocycles. The Bertz CT molecular complexity index is 1390. The molecule has 3 saturated heterocycles. The fourth-order valence-electron chi connectivity index (χ4n) is 10.5. The summed E-state index contributed by atoms with van der Waals surface area (Å²) >= 11 is 0. The van der Waals surface area contributed by atoms with Crippen LogP contribution in [0, 0.1) is 0 Å². The van der Waals surface area contributed by atoms with Crippen LogP contribution in [0.2, 0.25) is 0 Å². The van der Waals surface area contributed by atoms with Crippen LogP contribution < -0.4 is 5.32 Å². The van der Waals surface area contributed by atoms with E-state index in [1.807, 2.05) is 0 Å². The van der Waals surface area contributed by atoms with Gasteiger partial charge in [0, 0.05) is 6.42 Å². The number of ether oxygens (including phenoxy) is 6. The smallest absolute Gasteiger partial charge is 0.220 e. The largest absolute Gasteiger partial charge is 0.394 e. The van der Waals surface area contributed by atoms with Gasteiger partial charge in [-0.3, -0.25) is 4.79 Å². The van der Waals surface area contributed by atoms with Crippen LogP contribution in [0.1, 0.15) is 219 Å². The summed E-state index contributed by atoms with van der Waals surface area (Å²) < 4.78 is 34.1. The average molecular weight is 1080 g/mol. The molecule has 0 aromatic carbocycles. The molecule has 75 heavy (non-hydrogen) atoms. The fourth-order valence-corrected chi connectivity index (χ4v) is 10.5. The number of unbranched alkanes of at least 4 members (excludes halogenated alkanes) is 28. The van der Waals surface area contributed by atoms with Gasteiger partial charge in [-0.25, -0.2) is 0 Å². The molecule has 444 valence electrons. The average Bonchev–Trinajstić information content (AvgIpc) is 3.41. The molecule has 19 nitrogen and oxygen atoms in total. The number of carbonyl (C=O) groups is 1. The number of hydrogen-bond acceptors (Lipinski definition) is 18. The van der Waals surface area contributed by atoms with Crippen molar-refractivity contribution < 1.29 is 89.4 Å². The summed E-state index contributed by atoms with van der Waals surface area (Å²) in [6.07, 6.45) is 11.7. The Morgan fingerprint density at radius 3 is 1.16 bits per heavy atom. The van der Waals surface area contributed by atoms with Crippen LogP contribution in [-0.2, 0) is 33.2 Å². The molecule has 17 atom stereocenters. The molecule has 12 N–H and O–H groups in total. The van der Waals surface area contributed by atoms with Crippen LogP contribution in [-0.4, -0.2) is 193 Å². The zero-order chi connectivity index (χ0) is 54.8. The molecule has 17 unspecified atom stereocenters. The van der Waals surface area contributed by atoms with Gasteiger partial charge in [0.05, 0.1) is 38.6 Å². The maximum absolute atomic E-state index is 13.2. The summed E-state index contributed by atoms with van der Waals surface area (Å²) in [7, 11) is 0. The summed E-state index contributed by atoms with van der Waals surface area (Å²) in [6, 6.07) is -0.876. The van der Waals surface area contributed by atoms with Crippen LogP contribution in [0.15, 0.2) is 0 Å². The van der Waals surface area contributed by atoms with Gasteiger partial charge in [0.25, 0.3) is 0 Å². The standard InChI is InChI=1S/C56H107NO18/c1-3-5-7-9-10-11-12-13-14-15-16-17-18-19-20-21-22-23-24-25-26-27-28-29-30-32-34-44(62)57-39(40(61)33-31-8-6-4-2)38-70-54-50(68)47(65)52(42(36-59)72-54)75-56-51(69)48(66)53(43(37-60)73-56)74-55-49(67)46(64)45(63)41(35-58)71-55/h39-43,45-56,58-61,63-69H,3-38H2,1-2H3,(H,57,62). The predicted octanol–water partition coefficient (Wildman–Crippen LogP) is 4.82. The fraction of sp³-hybridized carbons (Fsp3) is 0.982. The number of amides is 1. The summed E-state index contributed by atoms with van der Waals surface area (Å²) in [6.45, 7) is 1.66. The molecule has 0 radical (unpaired) electrons. The van der Waals surface area contributed by atoms with Crippen molar-refractivity contribution in [2.45, 2.75) is 324 Å². The number of aliphatic hydroxyl groups excluding tert-OH is 11. The van der Waals surface area contributed by atoms with Crippen molar-refractivity contribution >= 4 is 5.91 Å². The molecule has 3 fully saturated rings. The van der Waals surface area contributed by atoms with E-state index in [9.17, 15) is 61.0 Å². The lowest BCUT2D eigenvalue weighted by molar-refractivity contribution is -0.379. The number of aliphatic hydroxyl groups is 11. The topological polar surface area (TPSA) is 307 Å². The Morgan fingerprint density at radius 1 is 0.427 bits per heavy atom. The number of nitrogens with one attached hydrogen (secondary N) is 1. The number of carbonyl (C=O) groups excluding carboxylic acids is 1. The summed E-state index contributed by atoms with van der Waals surface area (Å²) in [5, 5.41) is 119. The Morgan fingerprint density at radius 2 is 0.760 bits per heavy atom. The van der Waals surface area contributed by atoms with Crippen molar-refractivity contribution in [2.75, 3.05) is 26.4 Å². The highest BCUT2D eigenvalue weighted by atomic mass is 16.8. The Hall–Kier alpha value is -1.21. The first-order valence-electron chi connectivity index (χ1n) is 29.8. The van der Waals surface area contributed by atoms with E-state index in [1.54, 1.807) is 0 Å². The summed E-state index contributed by atoms with van der Waals surface area (Å²) in [4.78, 5) is 13.2. The molecule has 3 rings (SSSR count). The van der Waals surface area contributed by atoms with E-state index in [1.165, 1.54) is 141 Å². The van der Waals surface area contributed by atoms with E-state index in [2.05, 4.69) is 19.2 Å². The van der Waals surface area contributed by atoms with Crippen molar-refractivity contribution in [1.82, 2.24) is 5.32 Å². The predicted molar refractivity (Wildman–Crippen MR) is 282 cm³/mol. The van der Waals surface area contributed by atoms with Gasteiger partial charge in [-0.2, -0.15) is 0 Å². The van der Waals surface area contributed by atoms with Gasteiger partial charge < -0.3 is 89.9 Å². The Balaban J connectivity index is 1.33.